The van der Waals surface area contributed by atoms with Crippen LogP contribution in [0.3, 0.4) is 0 Å². The van der Waals surface area contributed by atoms with Gasteiger partial charge in [-0.2, -0.15) is 5.10 Å². The Morgan fingerprint density at radius 1 is 1.13 bits per heavy atom. The molecule has 0 radical (unpaired) electrons. The zero-order valence-corrected chi connectivity index (χ0v) is 23.5. The molecule has 3 aromatic rings. The molecule has 2 amide bonds. The van der Waals surface area contributed by atoms with Gasteiger partial charge in [0.05, 0.1) is 18.4 Å². The van der Waals surface area contributed by atoms with E-state index in [1.807, 2.05) is 36.4 Å². The molecule has 4 rings (SSSR count). The lowest BCUT2D eigenvalue weighted by atomic mass is 9.88. The number of nitrogens with one attached hydrogen (secondary N) is 2. The van der Waals surface area contributed by atoms with E-state index in [1.54, 1.807) is 19.1 Å². The second kappa shape index (κ2) is 12.8. The number of esters is 1. The molecule has 1 heterocycles. The van der Waals surface area contributed by atoms with Gasteiger partial charge >= 0.3 is 17.8 Å². The summed E-state index contributed by atoms with van der Waals surface area (Å²) in [5.74, 6) is -1.30. The van der Waals surface area contributed by atoms with Crippen LogP contribution in [0.4, 0.5) is 5.00 Å². The fourth-order valence-electron chi connectivity index (χ4n) is 4.09. The number of ether oxygens (including phenoxy) is 2. The molecule has 2 aromatic carbocycles. The summed E-state index contributed by atoms with van der Waals surface area (Å²) in [6.07, 6.45) is 3.92. The van der Waals surface area contributed by atoms with Crippen LogP contribution >= 0.6 is 27.3 Å². The molecule has 0 aliphatic heterocycles. The van der Waals surface area contributed by atoms with Gasteiger partial charge in [-0.3, -0.25) is 9.59 Å². The van der Waals surface area contributed by atoms with Crippen LogP contribution in [0.15, 0.2) is 58.1 Å². The molecule has 1 atom stereocenters. The maximum absolute atomic E-state index is 12.6. The van der Waals surface area contributed by atoms with Crippen LogP contribution in [0.5, 0.6) is 5.75 Å². The van der Waals surface area contributed by atoms with E-state index in [-0.39, 0.29) is 6.61 Å². The number of hydrogen-bond donors (Lipinski definition) is 2. The van der Waals surface area contributed by atoms with E-state index in [1.165, 1.54) is 17.6 Å². The van der Waals surface area contributed by atoms with E-state index in [9.17, 15) is 14.4 Å². The highest BCUT2D eigenvalue weighted by molar-refractivity contribution is 9.10. The van der Waals surface area contributed by atoms with Crippen LogP contribution in [0.1, 0.15) is 52.2 Å². The summed E-state index contributed by atoms with van der Waals surface area (Å²) in [5, 5.41) is 6.85. The Hall–Kier alpha value is -3.50. The Balaban J connectivity index is 1.40. The number of benzene rings is 2. The fourth-order valence-corrected chi connectivity index (χ4v) is 5.75. The molecule has 0 fully saturated rings. The van der Waals surface area contributed by atoms with Crippen LogP contribution in [-0.2, 0) is 33.8 Å². The zero-order chi connectivity index (χ0) is 27.1. The van der Waals surface area contributed by atoms with Gasteiger partial charge in [-0.1, -0.05) is 47.1 Å². The maximum atomic E-state index is 12.6. The van der Waals surface area contributed by atoms with Crippen molar-refractivity contribution < 1.29 is 23.9 Å². The molecule has 0 bridgehead atoms. The fraction of sp³-hybridized carbons (Fsp3) is 0.286. The molecule has 8 nitrogen and oxygen atoms in total. The lowest BCUT2D eigenvalue weighted by molar-refractivity contribution is -0.136. The Kier molecular flexibility index (Phi) is 9.30. The third kappa shape index (κ3) is 6.87. The molecular formula is C28H28BrN3O5S. The molecule has 0 saturated carbocycles. The summed E-state index contributed by atoms with van der Waals surface area (Å²) < 4.78 is 12.1. The summed E-state index contributed by atoms with van der Waals surface area (Å²) in [7, 11) is 0. The van der Waals surface area contributed by atoms with E-state index in [2.05, 4.69) is 38.7 Å². The Bertz CT molecular complexity index is 1350. The first kappa shape index (κ1) is 27.5. The number of fused-ring (bicyclic) bond motifs is 1. The number of hydrazone groups is 1. The molecule has 0 saturated heterocycles. The van der Waals surface area contributed by atoms with Gasteiger partial charge in [0.15, 0.2) is 0 Å². The average molecular weight is 599 g/mol. The van der Waals surface area contributed by atoms with E-state index >= 15 is 0 Å². The lowest BCUT2D eigenvalue weighted by Gasteiger charge is -2.18. The van der Waals surface area contributed by atoms with Crippen molar-refractivity contribution in [1.29, 1.82) is 0 Å². The van der Waals surface area contributed by atoms with Crippen molar-refractivity contribution in [2.24, 2.45) is 11.0 Å². The number of para-hydroxylation sites is 1. The molecule has 0 spiro atoms. The number of halogens is 1. The number of amides is 2. The number of rotatable bonds is 8. The van der Waals surface area contributed by atoms with Crippen LogP contribution in [0.25, 0.3) is 0 Å². The number of anilines is 1. The van der Waals surface area contributed by atoms with Crippen LogP contribution in [0.2, 0.25) is 0 Å². The number of thiophene rings is 1. The Morgan fingerprint density at radius 2 is 1.89 bits per heavy atom. The minimum atomic E-state index is -0.955. The monoisotopic (exact) mass is 597 g/mol. The second-order valence-electron chi connectivity index (χ2n) is 8.88. The molecule has 1 aromatic heterocycles. The van der Waals surface area contributed by atoms with Crippen molar-refractivity contribution in [1.82, 2.24) is 5.43 Å². The molecule has 2 N–H and O–H groups in total. The van der Waals surface area contributed by atoms with Gasteiger partial charge in [0.2, 0.25) is 0 Å². The molecule has 0 unspecified atom stereocenters. The molecule has 1 aliphatic carbocycles. The topological polar surface area (TPSA) is 106 Å². The summed E-state index contributed by atoms with van der Waals surface area (Å²) in [5.41, 5.74) is 5.13. The van der Waals surface area contributed by atoms with Crippen molar-refractivity contribution in [2.75, 3.05) is 11.9 Å². The smallest absolute Gasteiger partial charge is 0.341 e. The number of hydrogen-bond acceptors (Lipinski definition) is 7. The predicted octanol–water partition coefficient (Wildman–Crippen LogP) is 5.48. The lowest BCUT2D eigenvalue weighted by Crippen LogP contribution is -2.32. The minimum Gasteiger partial charge on any atom is -0.488 e. The summed E-state index contributed by atoms with van der Waals surface area (Å²) in [4.78, 5) is 38.8. The van der Waals surface area contributed by atoms with Crippen molar-refractivity contribution in [3.8, 4) is 5.75 Å². The Morgan fingerprint density at radius 3 is 2.66 bits per heavy atom. The van der Waals surface area contributed by atoms with Gasteiger partial charge in [-0.15, -0.1) is 11.3 Å². The molecule has 198 valence electrons. The van der Waals surface area contributed by atoms with Crippen LogP contribution in [0, 0.1) is 5.92 Å². The molecule has 10 heteroatoms. The van der Waals surface area contributed by atoms with Crippen LogP contribution in [-0.4, -0.2) is 30.6 Å². The first-order valence-electron chi connectivity index (χ1n) is 12.3. The van der Waals surface area contributed by atoms with Crippen LogP contribution < -0.4 is 15.5 Å². The van der Waals surface area contributed by atoms with Gasteiger partial charge < -0.3 is 14.8 Å². The first-order valence-corrected chi connectivity index (χ1v) is 13.9. The zero-order valence-electron chi connectivity index (χ0n) is 21.1. The number of carbonyl (C=O) groups excluding carboxylic acids is 3. The van der Waals surface area contributed by atoms with Gasteiger partial charge in [0.1, 0.15) is 17.4 Å². The van der Waals surface area contributed by atoms with Crippen molar-refractivity contribution in [3.05, 3.63) is 80.1 Å². The second-order valence-corrected chi connectivity index (χ2v) is 10.9. The van der Waals surface area contributed by atoms with Crippen molar-refractivity contribution in [2.45, 2.75) is 39.7 Å². The maximum Gasteiger partial charge on any atom is 0.341 e. The average Bonchev–Trinajstić information content (AvgIpc) is 3.25. The highest BCUT2D eigenvalue weighted by Crippen LogP contribution is 2.40. The highest BCUT2D eigenvalue weighted by atomic mass is 79.9. The van der Waals surface area contributed by atoms with Gasteiger partial charge in [-0.25, -0.2) is 10.2 Å². The van der Waals surface area contributed by atoms with Gasteiger partial charge in [-0.05, 0) is 67.5 Å². The van der Waals surface area contributed by atoms with E-state index in [0.717, 1.165) is 39.7 Å². The summed E-state index contributed by atoms with van der Waals surface area (Å²) >= 11 is 4.73. The van der Waals surface area contributed by atoms with Crippen molar-refractivity contribution in [3.63, 3.8) is 0 Å². The molecule has 38 heavy (non-hydrogen) atoms. The van der Waals surface area contributed by atoms with Gasteiger partial charge in [0, 0.05) is 14.9 Å². The summed E-state index contributed by atoms with van der Waals surface area (Å²) in [6, 6.07) is 15.0. The van der Waals surface area contributed by atoms with Gasteiger partial charge in [0.25, 0.3) is 0 Å². The van der Waals surface area contributed by atoms with E-state index < -0.39 is 17.8 Å². The van der Waals surface area contributed by atoms with E-state index in [4.69, 9.17) is 9.47 Å². The SMILES string of the molecule is CCOC(=O)c1c(NC(=O)C(=O)N/N=C\c2ccccc2OCc2ccc(Br)cc2)sc2c1CC[C@H](C)C2. The third-order valence-corrected chi connectivity index (χ3v) is 7.72. The minimum absolute atomic E-state index is 0.219. The summed E-state index contributed by atoms with van der Waals surface area (Å²) in [6.45, 7) is 4.46. The standard InChI is InChI=1S/C28H28BrN3O5S/c1-3-36-28(35)24-21-13-8-17(2)14-23(21)38-27(24)31-25(33)26(34)32-30-15-19-6-4-5-7-22(19)37-16-18-9-11-20(29)12-10-18/h4-7,9-12,15,17H,3,8,13-14,16H2,1-2H3,(H,31,33)(H,32,34)/b30-15-/t17-/m0/s1. The third-order valence-electron chi connectivity index (χ3n) is 6.02. The first-order chi connectivity index (χ1) is 18.4. The highest BCUT2D eigenvalue weighted by Gasteiger charge is 2.30. The van der Waals surface area contributed by atoms with Crippen molar-refractivity contribution >= 4 is 56.3 Å². The molecule has 1 aliphatic rings. The van der Waals surface area contributed by atoms with E-state index in [0.29, 0.717) is 34.4 Å². The number of nitrogens with zero attached hydrogens (tertiary/aromatic N) is 1. The Labute approximate surface area is 233 Å². The largest absolute Gasteiger partial charge is 0.488 e. The molecular weight excluding hydrogens is 570 g/mol. The number of carbonyl (C=O) groups is 3. The predicted molar refractivity (Wildman–Crippen MR) is 151 cm³/mol. The normalized spacial score (nSPS) is 14.6. The quantitative estimate of drug-likeness (QED) is 0.155.